The normalized spacial score (nSPS) is 15.0. The van der Waals surface area contributed by atoms with Crippen LogP contribution < -0.4 is 0 Å². The summed E-state index contributed by atoms with van der Waals surface area (Å²) in [6.07, 6.45) is 1.89. The molecule has 0 heterocycles. The summed E-state index contributed by atoms with van der Waals surface area (Å²) in [7, 11) is 0. The fraction of sp³-hybridized carbons (Fsp3) is 0.500. The van der Waals surface area contributed by atoms with Gasteiger partial charge >= 0.3 is 0 Å². The second-order valence-corrected chi connectivity index (χ2v) is 5.24. The van der Waals surface area contributed by atoms with Gasteiger partial charge in [0, 0.05) is 5.88 Å². The van der Waals surface area contributed by atoms with Crippen LogP contribution in [0, 0.1) is 5.41 Å². The van der Waals surface area contributed by atoms with Gasteiger partial charge < -0.3 is 0 Å². The van der Waals surface area contributed by atoms with E-state index in [0.717, 1.165) is 18.4 Å². The fourth-order valence-electron chi connectivity index (χ4n) is 1.41. The van der Waals surface area contributed by atoms with Crippen LogP contribution in [0.3, 0.4) is 0 Å². The third kappa shape index (κ3) is 3.27. The number of alkyl halides is 1. The number of halogens is 3. The smallest absolute Gasteiger partial charge is 0.0624 e. The van der Waals surface area contributed by atoms with E-state index in [1.54, 1.807) is 6.07 Å². The summed E-state index contributed by atoms with van der Waals surface area (Å²) in [5.74, 6) is 0.631. The highest BCUT2D eigenvalue weighted by molar-refractivity contribution is 6.42. The molecule has 1 aromatic rings. The Bertz CT molecular complexity index is 330. The molecular weight excluding hydrogens is 250 g/mol. The van der Waals surface area contributed by atoms with Crippen LogP contribution in [0.4, 0.5) is 0 Å². The Morgan fingerprint density at radius 3 is 2.47 bits per heavy atom. The first-order valence-electron chi connectivity index (χ1n) is 5.01. The van der Waals surface area contributed by atoms with Crippen molar-refractivity contribution < 1.29 is 0 Å². The molecule has 0 N–H and O–H groups in total. The highest BCUT2D eigenvalue weighted by Crippen LogP contribution is 2.33. The van der Waals surface area contributed by atoms with Gasteiger partial charge in [-0.1, -0.05) is 49.2 Å². The Kier molecular flexibility index (Phi) is 4.76. The standard InChI is InChI=1S/C12H15Cl3/c1-3-12(2,8-13)7-9-5-4-6-10(14)11(9)15/h4-6H,3,7-8H2,1-2H3. The summed E-state index contributed by atoms with van der Waals surface area (Å²) < 4.78 is 0. The molecule has 1 atom stereocenters. The molecule has 0 nitrogen and oxygen atoms in total. The van der Waals surface area contributed by atoms with Gasteiger partial charge in [-0.05, 0) is 29.9 Å². The molecule has 1 rings (SSSR count). The lowest BCUT2D eigenvalue weighted by atomic mass is 9.83. The largest absolute Gasteiger partial charge is 0.126 e. The minimum atomic E-state index is 0.0931. The van der Waals surface area contributed by atoms with Gasteiger partial charge in [-0.2, -0.15) is 0 Å². The lowest BCUT2D eigenvalue weighted by molar-refractivity contribution is 0.356. The number of hydrogen-bond donors (Lipinski definition) is 0. The average Bonchev–Trinajstić information content (AvgIpc) is 2.25. The third-order valence-corrected chi connectivity index (χ3v) is 4.33. The summed E-state index contributed by atoms with van der Waals surface area (Å²) in [4.78, 5) is 0. The van der Waals surface area contributed by atoms with E-state index in [-0.39, 0.29) is 5.41 Å². The molecule has 0 aliphatic rings. The molecule has 0 amide bonds. The summed E-state index contributed by atoms with van der Waals surface area (Å²) in [5.41, 5.74) is 1.17. The summed E-state index contributed by atoms with van der Waals surface area (Å²) in [6.45, 7) is 4.30. The van der Waals surface area contributed by atoms with Gasteiger partial charge in [0.25, 0.3) is 0 Å². The van der Waals surface area contributed by atoms with E-state index in [9.17, 15) is 0 Å². The Morgan fingerprint density at radius 2 is 1.93 bits per heavy atom. The fourth-order valence-corrected chi connectivity index (χ4v) is 2.08. The zero-order valence-electron chi connectivity index (χ0n) is 8.99. The molecule has 84 valence electrons. The molecule has 1 aromatic carbocycles. The molecule has 0 aromatic heterocycles. The molecular formula is C12H15Cl3. The Balaban J connectivity index is 2.94. The molecule has 0 fully saturated rings. The van der Waals surface area contributed by atoms with Gasteiger partial charge in [-0.3, -0.25) is 0 Å². The van der Waals surface area contributed by atoms with Crippen LogP contribution in [0.15, 0.2) is 18.2 Å². The van der Waals surface area contributed by atoms with E-state index in [4.69, 9.17) is 34.8 Å². The molecule has 0 saturated heterocycles. The number of benzene rings is 1. The molecule has 0 aliphatic carbocycles. The summed E-state index contributed by atoms with van der Waals surface area (Å²) in [5, 5.41) is 1.27. The van der Waals surface area contributed by atoms with Crippen LogP contribution in [0.5, 0.6) is 0 Å². The second kappa shape index (κ2) is 5.43. The SMILES string of the molecule is CCC(C)(CCl)Cc1cccc(Cl)c1Cl. The maximum atomic E-state index is 6.14. The van der Waals surface area contributed by atoms with Gasteiger partial charge in [0.15, 0.2) is 0 Å². The van der Waals surface area contributed by atoms with E-state index in [1.807, 2.05) is 12.1 Å². The molecule has 15 heavy (non-hydrogen) atoms. The Hall–Kier alpha value is 0.0900. The van der Waals surface area contributed by atoms with Gasteiger partial charge in [-0.25, -0.2) is 0 Å². The van der Waals surface area contributed by atoms with E-state index in [2.05, 4.69) is 13.8 Å². The Labute approximate surface area is 107 Å². The maximum Gasteiger partial charge on any atom is 0.0624 e. The zero-order chi connectivity index (χ0) is 11.5. The van der Waals surface area contributed by atoms with E-state index in [1.165, 1.54) is 0 Å². The topological polar surface area (TPSA) is 0 Å². The highest BCUT2D eigenvalue weighted by Gasteiger charge is 2.22. The van der Waals surface area contributed by atoms with Crippen molar-refractivity contribution in [2.24, 2.45) is 5.41 Å². The van der Waals surface area contributed by atoms with Crippen LogP contribution in [0.2, 0.25) is 10.0 Å². The number of rotatable bonds is 4. The van der Waals surface area contributed by atoms with Crippen molar-refractivity contribution in [3.8, 4) is 0 Å². The van der Waals surface area contributed by atoms with Crippen LogP contribution in [-0.2, 0) is 6.42 Å². The first-order chi connectivity index (χ1) is 7.02. The van der Waals surface area contributed by atoms with E-state index in [0.29, 0.717) is 15.9 Å². The lowest BCUT2D eigenvalue weighted by Gasteiger charge is -2.26. The monoisotopic (exact) mass is 264 g/mol. The zero-order valence-corrected chi connectivity index (χ0v) is 11.3. The first kappa shape index (κ1) is 13.2. The lowest BCUT2D eigenvalue weighted by Crippen LogP contribution is -2.20. The van der Waals surface area contributed by atoms with Gasteiger partial charge in [0.05, 0.1) is 10.0 Å². The predicted octanol–water partition coefficient (Wildman–Crippen LogP) is 5.19. The van der Waals surface area contributed by atoms with Crippen molar-refractivity contribution in [3.63, 3.8) is 0 Å². The van der Waals surface area contributed by atoms with Gasteiger partial charge in [0.1, 0.15) is 0 Å². The van der Waals surface area contributed by atoms with Crippen molar-refractivity contribution in [2.75, 3.05) is 5.88 Å². The van der Waals surface area contributed by atoms with Crippen molar-refractivity contribution in [3.05, 3.63) is 33.8 Å². The minimum Gasteiger partial charge on any atom is -0.126 e. The van der Waals surface area contributed by atoms with E-state index >= 15 is 0 Å². The second-order valence-electron chi connectivity index (χ2n) is 4.19. The quantitative estimate of drug-likeness (QED) is 0.657. The van der Waals surface area contributed by atoms with Crippen molar-refractivity contribution in [2.45, 2.75) is 26.7 Å². The van der Waals surface area contributed by atoms with Crippen LogP contribution in [0.1, 0.15) is 25.8 Å². The highest BCUT2D eigenvalue weighted by atomic mass is 35.5. The summed E-state index contributed by atoms with van der Waals surface area (Å²) in [6, 6.07) is 5.74. The molecule has 0 saturated carbocycles. The Morgan fingerprint density at radius 1 is 1.27 bits per heavy atom. The minimum absolute atomic E-state index is 0.0931. The van der Waals surface area contributed by atoms with Crippen molar-refractivity contribution >= 4 is 34.8 Å². The molecule has 0 spiro atoms. The summed E-state index contributed by atoms with van der Waals surface area (Å²) >= 11 is 18.1. The molecule has 0 radical (unpaired) electrons. The predicted molar refractivity (Wildman–Crippen MR) is 69.3 cm³/mol. The van der Waals surface area contributed by atoms with Crippen LogP contribution >= 0.6 is 34.8 Å². The van der Waals surface area contributed by atoms with Gasteiger partial charge in [-0.15, -0.1) is 11.6 Å². The molecule has 0 aliphatic heterocycles. The average molecular weight is 266 g/mol. The first-order valence-corrected chi connectivity index (χ1v) is 6.30. The van der Waals surface area contributed by atoms with Gasteiger partial charge in [0.2, 0.25) is 0 Å². The molecule has 1 unspecified atom stereocenters. The molecule has 3 heteroatoms. The molecule has 0 bridgehead atoms. The number of hydrogen-bond acceptors (Lipinski definition) is 0. The van der Waals surface area contributed by atoms with Crippen LogP contribution in [0.25, 0.3) is 0 Å². The van der Waals surface area contributed by atoms with Crippen LogP contribution in [-0.4, -0.2) is 5.88 Å². The van der Waals surface area contributed by atoms with Crippen molar-refractivity contribution in [1.82, 2.24) is 0 Å². The third-order valence-electron chi connectivity index (χ3n) is 2.82. The maximum absolute atomic E-state index is 6.14. The van der Waals surface area contributed by atoms with Crippen molar-refractivity contribution in [1.29, 1.82) is 0 Å². The van der Waals surface area contributed by atoms with E-state index < -0.39 is 0 Å².